The number of ether oxygens (including phenoxy) is 2. The lowest BCUT2D eigenvalue weighted by atomic mass is 10.4. The zero-order valence-corrected chi connectivity index (χ0v) is 9.53. The van der Waals surface area contributed by atoms with Gasteiger partial charge in [0, 0.05) is 7.11 Å². The van der Waals surface area contributed by atoms with Crippen molar-refractivity contribution in [3.05, 3.63) is 30.3 Å². The summed E-state index contributed by atoms with van der Waals surface area (Å²) in [6.07, 6.45) is -0.525. The molecule has 0 bridgehead atoms. The fraction of sp³-hybridized carbons (Fsp3) is 0.400. The molecule has 84 valence electrons. The highest BCUT2D eigenvalue weighted by Crippen LogP contribution is 2.10. The first kappa shape index (κ1) is 12.2. The Hall–Kier alpha value is -0.910. The highest BCUT2D eigenvalue weighted by molar-refractivity contribution is 7.91. The average molecular weight is 230 g/mol. The van der Waals surface area contributed by atoms with Crippen molar-refractivity contribution in [2.24, 2.45) is 0 Å². The summed E-state index contributed by atoms with van der Waals surface area (Å²) in [5.41, 5.74) is 0. The van der Waals surface area contributed by atoms with Crippen molar-refractivity contribution >= 4 is 9.84 Å². The van der Waals surface area contributed by atoms with E-state index in [9.17, 15) is 8.42 Å². The van der Waals surface area contributed by atoms with Gasteiger partial charge in [-0.15, -0.1) is 0 Å². The van der Waals surface area contributed by atoms with Gasteiger partial charge in [0.15, 0.2) is 12.2 Å². The zero-order valence-electron chi connectivity index (χ0n) is 8.71. The van der Waals surface area contributed by atoms with Gasteiger partial charge in [-0.25, -0.2) is 8.42 Å². The monoisotopic (exact) mass is 230 g/mol. The molecule has 0 heterocycles. The van der Waals surface area contributed by atoms with E-state index in [1.54, 1.807) is 25.1 Å². The number of methoxy groups -OCH3 is 1. The van der Waals surface area contributed by atoms with Gasteiger partial charge in [-0.3, -0.25) is 0 Å². The van der Waals surface area contributed by atoms with Crippen molar-refractivity contribution in [3.63, 3.8) is 0 Å². The van der Waals surface area contributed by atoms with E-state index in [1.165, 1.54) is 19.2 Å². The van der Waals surface area contributed by atoms with Crippen LogP contribution in [0.4, 0.5) is 0 Å². The van der Waals surface area contributed by atoms with E-state index in [-0.39, 0.29) is 10.8 Å². The Labute approximate surface area is 89.7 Å². The second-order valence-corrected chi connectivity index (χ2v) is 4.95. The summed E-state index contributed by atoms with van der Waals surface area (Å²) in [6, 6.07) is 8.18. The smallest absolute Gasteiger partial charge is 0.202 e. The summed E-state index contributed by atoms with van der Waals surface area (Å²) < 4.78 is 33.1. The molecule has 4 nitrogen and oxygen atoms in total. The van der Waals surface area contributed by atoms with Crippen LogP contribution in [-0.4, -0.2) is 27.8 Å². The molecule has 0 fully saturated rings. The van der Waals surface area contributed by atoms with E-state index in [4.69, 9.17) is 9.47 Å². The third-order valence-corrected chi connectivity index (χ3v) is 3.33. The van der Waals surface area contributed by atoms with Gasteiger partial charge in [-0.1, -0.05) is 18.2 Å². The maximum Gasteiger partial charge on any atom is 0.202 e. The minimum atomic E-state index is -3.37. The molecule has 1 aromatic carbocycles. The van der Waals surface area contributed by atoms with Crippen LogP contribution in [0.3, 0.4) is 0 Å². The normalized spacial score (nSPS) is 13.7. The molecular formula is C10H14O4S. The molecule has 5 heteroatoms. The highest BCUT2D eigenvalue weighted by Gasteiger charge is 2.15. The Bertz CT molecular complexity index is 385. The first-order valence-corrected chi connectivity index (χ1v) is 6.13. The summed E-state index contributed by atoms with van der Waals surface area (Å²) in [5.74, 6) is -0.369. The molecule has 0 aliphatic rings. The highest BCUT2D eigenvalue weighted by atomic mass is 32.2. The van der Waals surface area contributed by atoms with Crippen LogP contribution in [0.5, 0.6) is 0 Å². The van der Waals surface area contributed by atoms with E-state index in [1.807, 2.05) is 0 Å². The molecule has 1 atom stereocenters. The van der Waals surface area contributed by atoms with Crippen molar-refractivity contribution in [2.45, 2.75) is 18.1 Å². The van der Waals surface area contributed by atoms with E-state index in [0.29, 0.717) is 0 Å². The molecule has 15 heavy (non-hydrogen) atoms. The first-order valence-electron chi connectivity index (χ1n) is 4.48. The van der Waals surface area contributed by atoms with E-state index < -0.39 is 16.1 Å². The topological polar surface area (TPSA) is 52.6 Å². The Morgan fingerprint density at radius 3 is 2.40 bits per heavy atom. The summed E-state index contributed by atoms with van der Waals surface area (Å²) in [7, 11) is -1.91. The fourth-order valence-corrected chi connectivity index (χ4v) is 2.03. The molecule has 1 aromatic rings. The van der Waals surface area contributed by atoms with Gasteiger partial charge in [0.05, 0.1) is 4.90 Å². The lowest BCUT2D eigenvalue weighted by molar-refractivity contribution is -0.0952. The average Bonchev–Trinajstić information content (AvgIpc) is 2.27. The molecule has 0 spiro atoms. The third kappa shape index (κ3) is 3.62. The minimum Gasteiger partial charge on any atom is -0.356 e. The van der Waals surface area contributed by atoms with Crippen LogP contribution in [0.1, 0.15) is 6.92 Å². The molecule has 0 radical (unpaired) electrons. The summed E-state index contributed by atoms with van der Waals surface area (Å²) in [4.78, 5) is 0.258. The second-order valence-electron chi connectivity index (χ2n) is 3.02. The van der Waals surface area contributed by atoms with Crippen LogP contribution in [0.2, 0.25) is 0 Å². The Balaban J connectivity index is 2.69. The Kier molecular flexibility index (Phi) is 4.26. The van der Waals surface area contributed by atoms with Crippen molar-refractivity contribution in [1.82, 2.24) is 0 Å². The molecule has 0 aromatic heterocycles. The molecule has 0 saturated heterocycles. The van der Waals surface area contributed by atoms with Crippen molar-refractivity contribution in [3.8, 4) is 0 Å². The molecule has 0 N–H and O–H groups in total. The molecule has 0 amide bonds. The van der Waals surface area contributed by atoms with Crippen molar-refractivity contribution in [1.29, 1.82) is 0 Å². The summed E-state index contributed by atoms with van der Waals surface area (Å²) in [5, 5.41) is 0. The van der Waals surface area contributed by atoms with Gasteiger partial charge in [-0.05, 0) is 19.1 Å². The van der Waals surface area contributed by atoms with E-state index in [2.05, 4.69) is 0 Å². The fourth-order valence-electron chi connectivity index (χ4n) is 0.949. The molecular weight excluding hydrogens is 216 g/mol. The molecule has 0 aliphatic heterocycles. The van der Waals surface area contributed by atoms with Gasteiger partial charge < -0.3 is 9.47 Å². The van der Waals surface area contributed by atoms with Gasteiger partial charge >= 0.3 is 0 Å². The standard InChI is InChI=1S/C10H14O4S/c1-9(13-2)14-8-15(11,12)10-6-4-3-5-7-10/h3-7,9H,8H2,1-2H3. The minimum absolute atomic E-state index is 0.258. The van der Waals surface area contributed by atoms with Gasteiger partial charge in [-0.2, -0.15) is 0 Å². The second kappa shape index (κ2) is 5.25. The third-order valence-electron chi connectivity index (χ3n) is 1.89. The van der Waals surface area contributed by atoms with Crippen LogP contribution in [0, 0.1) is 0 Å². The molecule has 1 unspecified atom stereocenters. The maximum atomic E-state index is 11.7. The lowest BCUT2D eigenvalue weighted by Crippen LogP contribution is -2.17. The van der Waals surface area contributed by atoms with Crippen molar-refractivity contribution in [2.75, 3.05) is 13.0 Å². The van der Waals surface area contributed by atoms with Crippen molar-refractivity contribution < 1.29 is 17.9 Å². The summed E-state index contributed by atoms with van der Waals surface area (Å²) in [6.45, 7) is 1.64. The number of hydrogen-bond donors (Lipinski definition) is 0. The number of rotatable bonds is 5. The SMILES string of the molecule is COC(C)OCS(=O)(=O)c1ccccc1. The van der Waals surface area contributed by atoms with Gasteiger partial charge in [0.1, 0.15) is 0 Å². The van der Waals surface area contributed by atoms with Crippen LogP contribution >= 0.6 is 0 Å². The van der Waals surface area contributed by atoms with Gasteiger partial charge in [0.25, 0.3) is 0 Å². The Morgan fingerprint density at radius 1 is 1.27 bits per heavy atom. The van der Waals surface area contributed by atoms with E-state index >= 15 is 0 Å². The first-order chi connectivity index (χ1) is 7.06. The van der Waals surface area contributed by atoms with Crippen LogP contribution in [-0.2, 0) is 19.3 Å². The number of sulfone groups is 1. The zero-order chi connectivity index (χ0) is 11.3. The molecule has 0 saturated carbocycles. The predicted molar refractivity (Wildman–Crippen MR) is 56.1 cm³/mol. The molecule has 0 aliphatic carbocycles. The maximum absolute atomic E-state index is 11.7. The summed E-state index contributed by atoms with van der Waals surface area (Å²) >= 11 is 0. The quantitative estimate of drug-likeness (QED) is 0.718. The van der Waals surface area contributed by atoms with Crippen LogP contribution < -0.4 is 0 Å². The molecule has 1 rings (SSSR count). The number of hydrogen-bond acceptors (Lipinski definition) is 4. The lowest BCUT2D eigenvalue weighted by Gasteiger charge is -2.11. The van der Waals surface area contributed by atoms with Crippen LogP contribution in [0.25, 0.3) is 0 Å². The van der Waals surface area contributed by atoms with E-state index in [0.717, 1.165) is 0 Å². The Morgan fingerprint density at radius 2 is 1.87 bits per heavy atom. The largest absolute Gasteiger partial charge is 0.356 e. The van der Waals surface area contributed by atoms with Crippen LogP contribution in [0.15, 0.2) is 35.2 Å². The number of benzene rings is 1. The van der Waals surface area contributed by atoms with Gasteiger partial charge in [0.2, 0.25) is 9.84 Å². The predicted octanol–water partition coefficient (Wildman–Crippen LogP) is 1.43.